The summed E-state index contributed by atoms with van der Waals surface area (Å²) < 4.78 is 27.2. The summed E-state index contributed by atoms with van der Waals surface area (Å²) in [5, 5.41) is 2.81. The lowest BCUT2D eigenvalue weighted by molar-refractivity contribution is 0.566. The van der Waals surface area contributed by atoms with Crippen LogP contribution in [0.2, 0.25) is 5.02 Å². The van der Waals surface area contributed by atoms with Gasteiger partial charge in [-0.15, -0.1) is 11.3 Å². The first-order valence-electron chi connectivity index (χ1n) is 5.78. The van der Waals surface area contributed by atoms with E-state index in [4.69, 9.17) is 17.3 Å². The van der Waals surface area contributed by atoms with Gasteiger partial charge in [0.1, 0.15) is 5.01 Å². The molecule has 0 saturated carbocycles. The number of aromatic nitrogens is 1. The van der Waals surface area contributed by atoms with Crippen LogP contribution in [0.1, 0.15) is 23.5 Å². The molecule has 2 rings (SSSR count). The van der Waals surface area contributed by atoms with Gasteiger partial charge in [0, 0.05) is 22.3 Å². The molecule has 5 nitrogen and oxygen atoms in total. The van der Waals surface area contributed by atoms with Crippen molar-refractivity contribution in [2.24, 2.45) is 0 Å². The standard InChI is InChI=1S/C12H14ClN3O2S2/c1-7-10(13)5-9(6-11(7)14)20(17,18)16-8(2)12-15-3-4-19-12/h3-6,8,16H,14H2,1-2H3. The number of hydrogen-bond donors (Lipinski definition) is 2. The van der Waals surface area contributed by atoms with E-state index in [1.807, 2.05) is 0 Å². The molecule has 1 heterocycles. The molecule has 0 aliphatic heterocycles. The predicted octanol–water partition coefficient (Wildman–Crippen LogP) is 2.73. The molecular formula is C12H14ClN3O2S2. The highest BCUT2D eigenvalue weighted by Gasteiger charge is 2.21. The molecular weight excluding hydrogens is 318 g/mol. The third kappa shape index (κ3) is 3.12. The van der Waals surface area contributed by atoms with E-state index in [0.717, 1.165) is 0 Å². The molecule has 1 atom stereocenters. The van der Waals surface area contributed by atoms with Crippen molar-refractivity contribution in [3.63, 3.8) is 0 Å². The van der Waals surface area contributed by atoms with Crippen molar-refractivity contribution in [3.05, 3.63) is 39.3 Å². The molecule has 0 radical (unpaired) electrons. The van der Waals surface area contributed by atoms with Gasteiger partial charge in [-0.05, 0) is 31.5 Å². The zero-order valence-electron chi connectivity index (χ0n) is 10.9. The van der Waals surface area contributed by atoms with Gasteiger partial charge in [0.05, 0.1) is 10.9 Å². The molecule has 0 aliphatic carbocycles. The van der Waals surface area contributed by atoms with Crippen LogP contribution in [0.5, 0.6) is 0 Å². The van der Waals surface area contributed by atoms with Crippen LogP contribution in [-0.4, -0.2) is 13.4 Å². The number of hydrogen-bond acceptors (Lipinski definition) is 5. The minimum absolute atomic E-state index is 0.0500. The van der Waals surface area contributed by atoms with Crippen molar-refractivity contribution in [1.82, 2.24) is 9.71 Å². The summed E-state index contributed by atoms with van der Waals surface area (Å²) in [5.41, 5.74) is 6.77. The highest BCUT2D eigenvalue weighted by molar-refractivity contribution is 7.89. The fourth-order valence-electron chi connectivity index (χ4n) is 1.63. The van der Waals surface area contributed by atoms with Gasteiger partial charge in [0.2, 0.25) is 10.0 Å². The lowest BCUT2D eigenvalue weighted by Gasteiger charge is -2.13. The third-order valence-corrected chi connectivity index (χ3v) is 5.69. The topological polar surface area (TPSA) is 85.1 Å². The minimum atomic E-state index is -3.70. The van der Waals surface area contributed by atoms with Crippen LogP contribution in [0.4, 0.5) is 5.69 Å². The van der Waals surface area contributed by atoms with E-state index in [9.17, 15) is 8.42 Å². The number of nitrogen functional groups attached to an aromatic ring is 1. The van der Waals surface area contributed by atoms with Gasteiger partial charge in [-0.1, -0.05) is 11.6 Å². The van der Waals surface area contributed by atoms with Crippen LogP contribution in [0.15, 0.2) is 28.6 Å². The Kier molecular flexibility index (Phi) is 4.33. The second-order valence-corrected chi connectivity index (χ2v) is 7.38. The summed E-state index contributed by atoms with van der Waals surface area (Å²) in [5.74, 6) is 0. The molecule has 1 aromatic heterocycles. The van der Waals surface area contributed by atoms with Gasteiger partial charge in [-0.25, -0.2) is 18.1 Å². The molecule has 0 aliphatic rings. The normalized spacial score (nSPS) is 13.3. The van der Waals surface area contributed by atoms with E-state index in [1.165, 1.54) is 23.5 Å². The number of nitrogens with one attached hydrogen (secondary N) is 1. The van der Waals surface area contributed by atoms with Crippen LogP contribution in [0, 0.1) is 6.92 Å². The first kappa shape index (κ1) is 15.2. The molecule has 1 unspecified atom stereocenters. The number of nitrogens with two attached hydrogens (primary N) is 1. The first-order chi connectivity index (χ1) is 9.31. The maximum absolute atomic E-state index is 12.3. The van der Waals surface area contributed by atoms with E-state index in [0.29, 0.717) is 21.3 Å². The van der Waals surface area contributed by atoms with E-state index in [2.05, 4.69) is 9.71 Å². The van der Waals surface area contributed by atoms with Gasteiger partial charge < -0.3 is 5.73 Å². The van der Waals surface area contributed by atoms with Crippen LogP contribution in [-0.2, 0) is 10.0 Å². The Balaban J connectivity index is 2.31. The SMILES string of the molecule is Cc1c(N)cc(S(=O)(=O)NC(C)c2nccs2)cc1Cl. The van der Waals surface area contributed by atoms with Crippen molar-refractivity contribution in [2.45, 2.75) is 24.8 Å². The highest BCUT2D eigenvalue weighted by Crippen LogP contribution is 2.27. The lowest BCUT2D eigenvalue weighted by Crippen LogP contribution is -2.27. The Morgan fingerprint density at radius 3 is 2.70 bits per heavy atom. The van der Waals surface area contributed by atoms with E-state index < -0.39 is 16.1 Å². The maximum Gasteiger partial charge on any atom is 0.241 e. The quantitative estimate of drug-likeness (QED) is 0.843. The van der Waals surface area contributed by atoms with Gasteiger partial charge in [0.25, 0.3) is 0 Å². The molecule has 0 amide bonds. The predicted molar refractivity (Wildman–Crippen MR) is 81.5 cm³/mol. The number of anilines is 1. The number of sulfonamides is 1. The molecule has 0 spiro atoms. The summed E-state index contributed by atoms with van der Waals surface area (Å²) in [7, 11) is -3.70. The largest absolute Gasteiger partial charge is 0.398 e. The number of halogens is 1. The highest BCUT2D eigenvalue weighted by atomic mass is 35.5. The molecule has 0 bridgehead atoms. The van der Waals surface area contributed by atoms with Crippen LogP contribution in [0.25, 0.3) is 0 Å². The van der Waals surface area contributed by atoms with Gasteiger partial charge >= 0.3 is 0 Å². The van der Waals surface area contributed by atoms with Crippen LogP contribution in [0.3, 0.4) is 0 Å². The van der Waals surface area contributed by atoms with Crippen molar-refractivity contribution in [2.75, 3.05) is 5.73 Å². The molecule has 3 N–H and O–H groups in total. The summed E-state index contributed by atoms with van der Waals surface area (Å²) >= 11 is 7.37. The second kappa shape index (κ2) is 5.69. The average molecular weight is 332 g/mol. The fraction of sp³-hybridized carbons (Fsp3) is 0.250. The Labute approximate surface area is 126 Å². The summed E-state index contributed by atoms with van der Waals surface area (Å²) in [4.78, 5) is 4.13. The summed E-state index contributed by atoms with van der Waals surface area (Å²) in [6, 6.07) is 2.38. The molecule has 108 valence electrons. The van der Waals surface area contributed by atoms with Crippen LogP contribution >= 0.6 is 22.9 Å². The Bertz CT molecular complexity index is 691. The number of benzene rings is 1. The Hall–Kier alpha value is -1.15. The third-order valence-electron chi connectivity index (χ3n) is 2.82. The number of nitrogens with zero attached hydrogens (tertiary/aromatic N) is 1. The van der Waals surface area contributed by atoms with Crippen molar-refractivity contribution in [1.29, 1.82) is 0 Å². The number of rotatable bonds is 4. The first-order valence-corrected chi connectivity index (χ1v) is 8.52. The molecule has 8 heteroatoms. The van der Waals surface area contributed by atoms with Gasteiger partial charge in [-0.2, -0.15) is 0 Å². The molecule has 1 aromatic carbocycles. The fourth-order valence-corrected chi connectivity index (χ4v) is 3.91. The van der Waals surface area contributed by atoms with Crippen molar-refractivity contribution in [3.8, 4) is 0 Å². The molecule has 20 heavy (non-hydrogen) atoms. The zero-order valence-corrected chi connectivity index (χ0v) is 13.3. The molecule has 2 aromatic rings. The molecule has 0 saturated heterocycles. The average Bonchev–Trinajstić information content (AvgIpc) is 2.88. The zero-order chi connectivity index (χ0) is 14.9. The monoisotopic (exact) mass is 331 g/mol. The number of thiazole rings is 1. The summed E-state index contributed by atoms with van der Waals surface area (Å²) in [6.45, 7) is 3.47. The lowest BCUT2D eigenvalue weighted by atomic mass is 10.2. The van der Waals surface area contributed by atoms with Crippen molar-refractivity contribution >= 4 is 38.6 Å². The van der Waals surface area contributed by atoms with E-state index in [-0.39, 0.29) is 4.90 Å². The van der Waals surface area contributed by atoms with E-state index >= 15 is 0 Å². The van der Waals surface area contributed by atoms with Crippen molar-refractivity contribution < 1.29 is 8.42 Å². The van der Waals surface area contributed by atoms with E-state index in [1.54, 1.807) is 25.4 Å². The second-order valence-electron chi connectivity index (χ2n) is 4.33. The maximum atomic E-state index is 12.3. The smallest absolute Gasteiger partial charge is 0.241 e. The summed E-state index contributed by atoms with van der Waals surface area (Å²) in [6.07, 6.45) is 1.63. The Morgan fingerprint density at radius 2 is 2.15 bits per heavy atom. The minimum Gasteiger partial charge on any atom is -0.398 e. The Morgan fingerprint density at radius 1 is 1.45 bits per heavy atom. The van der Waals surface area contributed by atoms with Gasteiger partial charge in [-0.3, -0.25) is 0 Å². The van der Waals surface area contributed by atoms with Crippen LogP contribution < -0.4 is 10.5 Å². The molecule has 0 fully saturated rings. The van der Waals surface area contributed by atoms with Gasteiger partial charge in [0.15, 0.2) is 0 Å².